The average molecular weight is 291 g/mol. The van der Waals surface area contributed by atoms with E-state index in [0.29, 0.717) is 0 Å². The topological polar surface area (TPSA) is 108 Å². The van der Waals surface area contributed by atoms with E-state index in [1.54, 1.807) is 27.7 Å². The number of nitrogens with one attached hydrogen (secondary N) is 1. The molecule has 1 amide bonds. The number of aliphatic hydroxyl groups excluding tert-OH is 3. The summed E-state index contributed by atoms with van der Waals surface area (Å²) in [6.45, 7) is 6.65. The van der Waals surface area contributed by atoms with Crippen LogP contribution in [0.1, 0.15) is 34.1 Å². The second-order valence-electron chi connectivity index (χ2n) is 5.88. The lowest BCUT2D eigenvalue weighted by Crippen LogP contribution is -2.65. The maximum atomic E-state index is 11.5. The first-order chi connectivity index (χ1) is 9.19. The van der Waals surface area contributed by atoms with Gasteiger partial charge in [-0.1, -0.05) is 6.92 Å². The molecule has 1 fully saturated rings. The molecule has 1 unspecified atom stereocenters. The standard InChI is InChI=1S/C13H25NO6/c1-5-8(16)14-9-11(18)10(17)7(6-15)19-12(9)20-13(2,3)4/h7,9-12,15,17-18H,5-6H2,1-4H3,(H,14,16)/t7-,9-,10+,11-,12?/m1/s1. The van der Waals surface area contributed by atoms with Crippen molar-refractivity contribution in [2.24, 2.45) is 0 Å². The van der Waals surface area contributed by atoms with Crippen molar-refractivity contribution < 1.29 is 29.6 Å². The van der Waals surface area contributed by atoms with Gasteiger partial charge in [-0.25, -0.2) is 0 Å². The zero-order valence-corrected chi connectivity index (χ0v) is 12.4. The van der Waals surface area contributed by atoms with Crippen molar-refractivity contribution in [3.8, 4) is 0 Å². The molecule has 5 atom stereocenters. The maximum absolute atomic E-state index is 11.5. The molecular weight excluding hydrogens is 266 g/mol. The van der Waals surface area contributed by atoms with Crippen LogP contribution in [-0.4, -0.2) is 64.1 Å². The predicted molar refractivity (Wildman–Crippen MR) is 70.8 cm³/mol. The monoisotopic (exact) mass is 291 g/mol. The highest BCUT2D eigenvalue weighted by atomic mass is 16.7. The molecule has 20 heavy (non-hydrogen) atoms. The van der Waals surface area contributed by atoms with E-state index in [1.807, 2.05) is 0 Å². The normalized spacial score (nSPS) is 34.9. The summed E-state index contributed by atoms with van der Waals surface area (Å²) < 4.78 is 11.1. The number of carbonyl (C=O) groups is 1. The smallest absolute Gasteiger partial charge is 0.220 e. The quantitative estimate of drug-likeness (QED) is 0.536. The van der Waals surface area contributed by atoms with Gasteiger partial charge in [0.2, 0.25) is 5.91 Å². The van der Waals surface area contributed by atoms with Gasteiger partial charge in [-0.05, 0) is 20.8 Å². The van der Waals surface area contributed by atoms with Gasteiger partial charge in [-0.3, -0.25) is 4.79 Å². The Hall–Kier alpha value is -0.730. The van der Waals surface area contributed by atoms with Gasteiger partial charge in [0.25, 0.3) is 0 Å². The molecule has 1 heterocycles. The van der Waals surface area contributed by atoms with Crippen molar-refractivity contribution in [1.29, 1.82) is 0 Å². The second kappa shape index (κ2) is 6.82. The molecule has 1 saturated heterocycles. The van der Waals surface area contributed by atoms with E-state index in [-0.39, 0.29) is 12.3 Å². The Morgan fingerprint density at radius 3 is 2.35 bits per heavy atom. The molecule has 0 aromatic carbocycles. The molecule has 0 radical (unpaired) electrons. The molecule has 118 valence electrons. The highest BCUT2D eigenvalue weighted by Crippen LogP contribution is 2.25. The van der Waals surface area contributed by atoms with Crippen LogP contribution in [0.5, 0.6) is 0 Å². The van der Waals surface area contributed by atoms with E-state index in [9.17, 15) is 20.1 Å². The van der Waals surface area contributed by atoms with Gasteiger partial charge < -0.3 is 30.1 Å². The van der Waals surface area contributed by atoms with Crippen LogP contribution in [0.4, 0.5) is 0 Å². The van der Waals surface area contributed by atoms with Crippen LogP contribution in [0.2, 0.25) is 0 Å². The Kier molecular flexibility index (Phi) is 5.91. The number of ether oxygens (including phenoxy) is 2. The summed E-state index contributed by atoms with van der Waals surface area (Å²) in [6, 6.07) is -0.889. The summed E-state index contributed by atoms with van der Waals surface area (Å²) in [5.74, 6) is -0.283. The molecule has 0 aromatic heterocycles. The number of hydrogen-bond acceptors (Lipinski definition) is 6. The molecule has 0 bridgehead atoms. The lowest BCUT2D eigenvalue weighted by atomic mass is 9.96. The Morgan fingerprint density at radius 2 is 1.90 bits per heavy atom. The van der Waals surface area contributed by atoms with Crippen LogP contribution in [-0.2, 0) is 14.3 Å². The van der Waals surface area contributed by atoms with Gasteiger partial charge in [0.1, 0.15) is 24.4 Å². The van der Waals surface area contributed by atoms with Gasteiger partial charge in [0.15, 0.2) is 6.29 Å². The van der Waals surface area contributed by atoms with E-state index in [0.717, 1.165) is 0 Å². The zero-order valence-electron chi connectivity index (χ0n) is 12.4. The van der Waals surface area contributed by atoms with Crippen molar-refractivity contribution in [2.45, 2.75) is 70.4 Å². The van der Waals surface area contributed by atoms with Gasteiger partial charge in [-0.15, -0.1) is 0 Å². The van der Waals surface area contributed by atoms with Gasteiger partial charge >= 0.3 is 0 Å². The minimum Gasteiger partial charge on any atom is -0.394 e. The number of amides is 1. The third kappa shape index (κ3) is 4.39. The summed E-state index contributed by atoms with van der Waals surface area (Å²) in [6.07, 6.45) is -4.22. The summed E-state index contributed by atoms with van der Waals surface area (Å²) in [5, 5.41) is 31.7. The van der Waals surface area contributed by atoms with Crippen molar-refractivity contribution in [1.82, 2.24) is 5.32 Å². The Labute approximate surface area is 118 Å². The largest absolute Gasteiger partial charge is 0.394 e. The molecule has 1 aliphatic heterocycles. The molecule has 7 heteroatoms. The third-order valence-corrected chi connectivity index (χ3v) is 3.00. The Bertz CT molecular complexity index is 329. The lowest BCUT2D eigenvalue weighted by molar-refractivity contribution is -0.293. The van der Waals surface area contributed by atoms with Crippen molar-refractivity contribution in [3.63, 3.8) is 0 Å². The van der Waals surface area contributed by atoms with Crippen LogP contribution >= 0.6 is 0 Å². The fraction of sp³-hybridized carbons (Fsp3) is 0.923. The summed E-state index contributed by atoms with van der Waals surface area (Å²) in [5.41, 5.74) is -0.568. The minimum atomic E-state index is -1.29. The first kappa shape index (κ1) is 17.3. The molecular formula is C13H25NO6. The molecule has 0 saturated carbocycles. The maximum Gasteiger partial charge on any atom is 0.220 e. The van der Waals surface area contributed by atoms with E-state index < -0.39 is 42.9 Å². The molecule has 4 N–H and O–H groups in total. The molecule has 0 aliphatic carbocycles. The molecule has 1 rings (SSSR count). The van der Waals surface area contributed by atoms with Crippen LogP contribution in [0.15, 0.2) is 0 Å². The first-order valence-electron chi connectivity index (χ1n) is 6.79. The molecule has 7 nitrogen and oxygen atoms in total. The van der Waals surface area contributed by atoms with E-state index in [2.05, 4.69) is 5.32 Å². The summed E-state index contributed by atoms with van der Waals surface area (Å²) in [4.78, 5) is 11.5. The minimum absolute atomic E-state index is 0.241. The van der Waals surface area contributed by atoms with Crippen LogP contribution in [0.3, 0.4) is 0 Å². The third-order valence-electron chi connectivity index (χ3n) is 3.00. The average Bonchev–Trinajstić information content (AvgIpc) is 2.36. The van der Waals surface area contributed by atoms with Gasteiger partial charge in [0.05, 0.1) is 12.2 Å². The highest BCUT2D eigenvalue weighted by Gasteiger charge is 2.46. The van der Waals surface area contributed by atoms with E-state index >= 15 is 0 Å². The van der Waals surface area contributed by atoms with E-state index in [1.165, 1.54) is 0 Å². The fourth-order valence-electron chi connectivity index (χ4n) is 1.97. The Balaban J connectivity index is 2.90. The van der Waals surface area contributed by atoms with Crippen molar-refractivity contribution in [3.05, 3.63) is 0 Å². The highest BCUT2D eigenvalue weighted by molar-refractivity contribution is 5.76. The number of carbonyl (C=O) groups excluding carboxylic acids is 1. The van der Waals surface area contributed by atoms with Crippen LogP contribution in [0, 0.1) is 0 Å². The van der Waals surface area contributed by atoms with Crippen molar-refractivity contribution >= 4 is 5.91 Å². The van der Waals surface area contributed by atoms with Crippen LogP contribution < -0.4 is 5.32 Å². The number of aliphatic hydroxyl groups is 3. The van der Waals surface area contributed by atoms with Gasteiger partial charge in [-0.2, -0.15) is 0 Å². The summed E-state index contributed by atoms with van der Waals surface area (Å²) >= 11 is 0. The second-order valence-corrected chi connectivity index (χ2v) is 5.88. The van der Waals surface area contributed by atoms with Crippen LogP contribution in [0.25, 0.3) is 0 Å². The Morgan fingerprint density at radius 1 is 1.30 bits per heavy atom. The first-order valence-corrected chi connectivity index (χ1v) is 6.79. The van der Waals surface area contributed by atoms with Gasteiger partial charge in [0, 0.05) is 6.42 Å². The zero-order chi connectivity index (χ0) is 15.5. The number of rotatable bonds is 4. The number of hydrogen-bond donors (Lipinski definition) is 4. The SMILES string of the molecule is CCC(=O)N[C@H]1C(OC(C)(C)C)O[C@H](CO)[C@H](O)[C@@H]1O. The molecule has 0 aromatic rings. The van der Waals surface area contributed by atoms with E-state index in [4.69, 9.17) is 9.47 Å². The fourth-order valence-corrected chi connectivity index (χ4v) is 1.97. The van der Waals surface area contributed by atoms with Crippen molar-refractivity contribution in [2.75, 3.05) is 6.61 Å². The summed E-state index contributed by atoms with van der Waals surface area (Å²) in [7, 11) is 0. The predicted octanol–water partition coefficient (Wildman–Crippen LogP) is -0.865. The molecule has 1 aliphatic rings. The molecule has 0 spiro atoms. The lowest BCUT2D eigenvalue weighted by Gasteiger charge is -2.44.